The lowest BCUT2D eigenvalue weighted by molar-refractivity contribution is 0.273. The molecule has 2 aliphatic rings. The molecule has 1 aromatic rings. The van der Waals surface area contributed by atoms with Crippen LogP contribution in [0.5, 0.6) is 0 Å². The Kier molecular flexibility index (Phi) is 8.19. The molecule has 0 spiro atoms. The number of hydrogen-bond acceptors (Lipinski definition) is 4. The zero-order chi connectivity index (χ0) is 20.6. The van der Waals surface area contributed by atoms with Gasteiger partial charge >= 0.3 is 0 Å². The number of piperazine rings is 1. The van der Waals surface area contributed by atoms with Crippen LogP contribution in [0.4, 0.5) is 5.69 Å². The van der Waals surface area contributed by atoms with Crippen LogP contribution in [0.3, 0.4) is 0 Å². The number of anilines is 1. The third-order valence-corrected chi connectivity index (χ3v) is 6.45. The summed E-state index contributed by atoms with van der Waals surface area (Å²) in [5.74, 6) is 1.06. The summed E-state index contributed by atoms with van der Waals surface area (Å²) in [6.07, 6.45) is 2.46. The van der Waals surface area contributed by atoms with E-state index in [4.69, 9.17) is 0 Å². The van der Waals surface area contributed by atoms with Crippen LogP contribution in [0.15, 0.2) is 23.2 Å². The first-order valence-electron chi connectivity index (χ1n) is 11.3. The molecule has 3 rings (SSSR count). The Balaban J connectivity index is 1.40. The van der Waals surface area contributed by atoms with Crippen molar-refractivity contribution in [3.63, 3.8) is 0 Å². The minimum Gasteiger partial charge on any atom is -0.368 e. The monoisotopic (exact) mass is 400 g/mol. The van der Waals surface area contributed by atoms with E-state index in [-0.39, 0.29) is 0 Å². The van der Waals surface area contributed by atoms with Gasteiger partial charge in [-0.2, -0.15) is 0 Å². The van der Waals surface area contributed by atoms with Gasteiger partial charge in [0.05, 0.1) is 0 Å². The minimum atomic E-state index is 0.996. The molecule has 29 heavy (non-hydrogen) atoms. The fourth-order valence-electron chi connectivity index (χ4n) is 4.40. The van der Waals surface area contributed by atoms with Crippen LogP contribution in [-0.4, -0.2) is 100 Å². The van der Waals surface area contributed by atoms with E-state index >= 15 is 0 Å². The molecule has 0 atom stereocenters. The van der Waals surface area contributed by atoms with Gasteiger partial charge < -0.3 is 24.9 Å². The number of nitrogens with zero attached hydrogens (tertiary/aromatic N) is 5. The average Bonchev–Trinajstić information content (AvgIpc) is 2.94. The Hall–Kier alpha value is -1.79. The van der Waals surface area contributed by atoms with Crippen molar-refractivity contribution in [3.05, 3.63) is 29.3 Å². The summed E-state index contributed by atoms with van der Waals surface area (Å²) in [5.41, 5.74) is 4.16. The summed E-state index contributed by atoms with van der Waals surface area (Å²) < 4.78 is 0. The fraction of sp³-hybridized carbons (Fsp3) is 0.696. The standard InChI is InChI=1S/C23H40N6/c1-20-8-5-9-22(21(20)2)28-16-18-29(19-17-28)23(24-3)25-10-6-12-27-13-7-11-26(4)14-15-27/h5,8-9H,6-7,10-19H2,1-4H3,(H,24,25). The molecule has 0 bridgehead atoms. The summed E-state index contributed by atoms with van der Waals surface area (Å²) in [6.45, 7) is 15.6. The number of aliphatic imine (C=N–C) groups is 1. The van der Waals surface area contributed by atoms with Gasteiger partial charge in [0.1, 0.15) is 0 Å². The van der Waals surface area contributed by atoms with Gasteiger partial charge in [-0.15, -0.1) is 0 Å². The highest BCUT2D eigenvalue weighted by molar-refractivity contribution is 5.80. The lowest BCUT2D eigenvalue weighted by Crippen LogP contribution is -2.53. The van der Waals surface area contributed by atoms with E-state index in [1.807, 2.05) is 7.05 Å². The Bertz CT molecular complexity index is 665. The molecule has 0 amide bonds. The second kappa shape index (κ2) is 10.8. The molecular formula is C23H40N6. The van der Waals surface area contributed by atoms with Crippen LogP contribution in [0.1, 0.15) is 24.0 Å². The lowest BCUT2D eigenvalue weighted by atomic mass is 10.1. The first-order chi connectivity index (χ1) is 14.1. The predicted octanol–water partition coefficient (Wildman–Crippen LogP) is 2.03. The Labute approximate surface area is 177 Å². The van der Waals surface area contributed by atoms with E-state index in [2.05, 4.69) is 69.0 Å². The molecule has 162 valence electrons. The molecule has 2 heterocycles. The van der Waals surface area contributed by atoms with E-state index in [0.717, 1.165) is 38.7 Å². The normalized spacial score (nSPS) is 20.1. The second-order valence-electron chi connectivity index (χ2n) is 8.52. The molecule has 2 fully saturated rings. The molecule has 2 aliphatic heterocycles. The van der Waals surface area contributed by atoms with Crippen LogP contribution in [0.25, 0.3) is 0 Å². The average molecular weight is 401 g/mol. The molecule has 1 aromatic carbocycles. The van der Waals surface area contributed by atoms with E-state index in [1.165, 1.54) is 62.4 Å². The zero-order valence-corrected chi connectivity index (χ0v) is 19.0. The highest BCUT2D eigenvalue weighted by atomic mass is 15.3. The van der Waals surface area contributed by atoms with E-state index < -0.39 is 0 Å². The van der Waals surface area contributed by atoms with Crippen LogP contribution in [0, 0.1) is 13.8 Å². The van der Waals surface area contributed by atoms with Crippen LogP contribution in [0.2, 0.25) is 0 Å². The van der Waals surface area contributed by atoms with Crippen molar-refractivity contribution < 1.29 is 0 Å². The van der Waals surface area contributed by atoms with Gasteiger partial charge in [0.2, 0.25) is 0 Å². The summed E-state index contributed by atoms with van der Waals surface area (Å²) in [4.78, 5) is 14.5. The van der Waals surface area contributed by atoms with Crippen LogP contribution >= 0.6 is 0 Å². The summed E-state index contributed by atoms with van der Waals surface area (Å²) in [7, 11) is 4.14. The van der Waals surface area contributed by atoms with Crippen LogP contribution < -0.4 is 10.2 Å². The van der Waals surface area contributed by atoms with Crippen molar-refractivity contribution in [3.8, 4) is 0 Å². The van der Waals surface area contributed by atoms with Crippen molar-refractivity contribution in [2.45, 2.75) is 26.7 Å². The van der Waals surface area contributed by atoms with Crippen LogP contribution in [-0.2, 0) is 0 Å². The van der Waals surface area contributed by atoms with Gasteiger partial charge in [0, 0.05) is 58.5 Å². The van der Waals surface area contributed by atoms with Crippen molar-refractivity contribution >= 4 is 11.6 Å². The molecule has 0 aromatic heterocycles. The first kappa shape index (κ1) is 21.9. The highest BCUT2D eigenvalue weighted by Gasteiger charge is 2.21. The molecule has 0 saturated carbocycles. The van der Waals surface area contributed by atoms with E-state index in [0.29, 0.717) is 0 Å². The van der Waals surface area contributed by atoms with Gasteiger partial charge in [0.25, 0.3) is 0 Å². The third kappa shape index (κ3) is 6.09. The largest absolute Gasteiger partial charge is 0.368 e. The smallest absolute Gasteiger partial charge is 0.193 e. The number of rotatable bonds is 5. The number of hydrogen-bond donors (Lipinski definition) is 1. The molecular weight excluding hydrogens is 360 g/mol. The third-order valence-electron chi connectivity index (χ3n) is 6.45. The summed E-state index contributed by atoms with van der Waals surface area (Å²) in [5, 5.41) is 3.60. The minimum absolute atomic E-state index is 0.996. The van der Waals surface area contributed by atoms with Crippen molar-refractivity contribution in [2.75, 3.05) is 84.4 Å². The van der Waals surface area contributed by atoms with E-state index in [1.54, 1.807) is 0 Å². The fourth-order valence-corrected chi connectivity index (χ4v) is 4.40. The summed E-state index contributed by atoms with van der Waals surface area (Å²) in [6, 6.07) is 6.63. The molecule has 2 saturated heterocycles. The maximum Gasteiger partial charge on any atom is 0.193 e. The number of aryl methyl sites for hydroxylation is 1. The van der Waals surface area contributed by atoms with Gasteiger partial charge in [-0.05, 0) is 70.6 Å². The molecule has 6 heteroatoms. The number of guanidine groups is 1. The topological polar surface area (TPSA) is 37.4 Å². The SMILES string of the molecule is CN=C(NCCCN1CCCN(C)CC1)N1CCN(c2cccc(C)c2C)CC1. The second-order valence-corrected chi connectivity index (χ2v) is 8.52. The molecule has 6 nitrogen and oxygen atoms in total. The molecule has 0 aliphatic carbocycles. The van der Waals surface area contributed by atoms with Gasteiger partial charge in [0.15, 0.2) is 5.96 Å². The highest BCUT2D eigenvalue weighted by Crippen LogP contribution is 2.23. The Morgan fingerprint density at radius 1 is 1.00 bits per heavy atom. The first-order valence-corrected chi connectivity index (χ1v) is 11.3. The lowest BCUT2D eigenvalue weighted by Gasteiger charge is -2.38. The van der Waals surface area contributed by atoms with Gasteiger partial charge in [-0.25, -0.2) is 0 Å². The Morgan fingerprint density at radius 3 is 2.55 bits per heavy atom. The maximum atomic E-state index is 4.54. The molecule has 1 N–H and O–H groups in total. The van der Waals surface area contributed by atoms with Crippen molar-refractivity contribution in [1.29, 1.82) is 0 Å². The maximum absolute atomic E-state index is 4.54. The van der Waals surface area contributed by atoms with Gasteiger partial charge in [-0.3, -0.25) is 4.99 Å². The predicted molar refractivity (Wildman–Crippen MR) is 124 cm³/mol. The van der Waals surface area contributed by atoms with Crippen molar-refractivity contribution in [2.24, 2.45) is 4.99 Å². The zero-order valence-electron chi connectivity index (χ0n) is 19.0. The van der Waals surface area contributed by atoms with Gasteiger partial charge in [-0.1, -0.05) is 12.1 Å². The summed E-state index contributed by atoms with van der Waals surface area (Å²) >= 11 is 0. The Morgan fingerprint density at radius 2 is 1.79 bits per heavy atom. The molecule has 0 radical (unpaired) electrons. The number of benzene rings is 1. The van der Waals surface area contributed by atoms with E-state index in [9.17, 15) is 0 Å². The quantitative estimate of drug-likeness (QED) is 0.465. The van der Waals surface area contributed by atoms with Crippen molar-refractivity contribution in [1.82, 2.24) is 20.0 Å². The number of nitrogens with one attached hydrogen (secondary N) is 1. The number of likely N-dealkylation sites (N-methyl/N-ethyl adjacent to an activating group) is 1. The molecule has 0 unspecified atom stereocenters.